The van der Waals surface area contributed by atoms with Gasteiger partial charge in [0.1, 0.15) is 12.1 Å². The van der Waals surface area contributed by atoms with Gasteiger partial charge in [0, 0.05) is 5.75 Å². The fourth-order valence-corrected chi connectivity index (χ4v) is 2.01. The summed E-state index contributed by atoms with van der Waals surface area (Å²) in [5.74, 6) is 5.93. The number of nitrogen functional groups attached to an aromatic ring is 1. The summed E-state index contributed by atoms with van der Waals surface area (Å²) in [5, 5.41) is 7.22. The number of benzene rings is 1. The molecular weight excluding hydrogens is 266 g/mol. The first kappa shape index (κ1) is 13.4. The second-order valence-corrected chi connectivity index (χ2v) is 4.54. The van der Waals surface area contributed by atoms with Gasteiger partial charge in [0.2, 0.25) is 0 Å². The molecule has 7 nitrogen and oxygen atoms in total. The molecule has 1 aromatic heterocycles. The van der Waals surface area contributed by atoms with Crippen LogP contribution in [0.4, 0.5) is 0 Å². The number of carbonyl (C=O) groups excluding carboxylic acids is 1. The van der Waals surface area contributed by atoms with Crippen LogP contribution in [-0.2, 0) is 0 Å². The van der Waals surface area contributed by atoms with Crippen LogP contribution in [0.1, 0.15) is 10.4 Å². The molecule has 1 amide bonds. The van der Waals surface area contributed by atoms with Crippen LogP contribution >= 0.6 is 11.8 Å². The maximum absolute atomic E-state index is 11.5. The summed E-state index contributed by atoms with van der Waals surface area (Å²) in [7, 11) is 0. The second-order valence-electron chi connectivity index (χ2n) is 3.46. The molecule has 0 aliphatic carbocycles. The van der Waals surface area contributed by atoms with E-state index in [4.69, 9.17) is 10.6 Å². The van der Waals surface area contributed by atoms with E-state index in [0.29, 0.717) is 23.7 Å². The number of ether oxygens (including phenoxy) is 1. The van der Waals surface area contributed by atoms with Gasteiger partial charge >= 0.3 is 0 Å². The summed E-state index contributed by atoms with van der Waals surface area (Å²) in [4.78, 5) is 15.5. The first-order chi connectivity index (χ1) is 9.31. The van der Waals surface area contributed by atoms with E-state index in [1.165, 1.54) is 18.1 Å². The maximum Gasteiger partial charge on any atom is 0.268 e. The van der Waals surface area contributed by atoms with E-state index in [9.17, 15) is 4.79 Å². The zero-order valence-corrected chi connectivity index (χ0v) is 10.8. The summed E-state index contributed by atoms with van der Waals surface area (Å²) in [6, 6.07) is 6.93. The fraction of sp³-hybridized carbons (Fsp3) is 0.182. The van der Waals surface area contributed by atoms with E-state index >= 15 is 0 Å². The van der Waals surface area contributed by atoms with Gasteiger partial charge in [0.25, 0.3) is 5.91 Å². The number of H-pyrrole nitrogens is 1. The monoisotopic (exact) mass is 279 g/mol. The number of carbonyl (C=O) groups is 1. The molecule has 0 atom stereocenters. The Balaban J connectivity index is 1.87. The lowest BCUT2D eigenvalue weighted by atomic mass is 10.2. The number of nitrogens with two attached hydrogens (primary N) is 1. The molecule has 0 saturated carbocycles. The molecule has 19 heavy (non-hydrogen) atoms. The van der Waals surface area contributed by atoms with Gasteiger partial charge in [0.05, 0.1) is 12.2 Å². The number of hydrogen-bond acceptors (Lipinski definition) is 6. The molecule has 2 rings (SSSR count). The molecule has 0 aliphatic rings. The van der Waals surface area contributed by atoms with Crippen LogP contribution in [0.2, 0.25) is 0 Å². The van der Waals surface area contributed by atoms with Gasteiger partial charge in [-0.25, -0.2) is 10.8 Å². The van der Waals surface area contributed by atoms with E-state index in [2.05, 4.69) is 20.6 Å². The van der Waals surface area contributed by atoms with Crippen LogP contribution < -0.4 is 16.0 Å². The highest BCUT2D eigenvalue weighted by Gasteiger charge is 2.10. The first-order valence-electron chi connectivity index (χ1n) is 5.52. The first-order valence-corrected chi connectivity index (χ1v) is 6.50. The SMILES string of the molecule is NNC(=O)c1ccccc1OCCSc1ncn[nH]1. The lowest BCUT2D eigenvalue weighted by Crippen LogP contribution is -2.30. The highest BCUT2D eigenvalue weighted by Crippen LogP contribution is 2.18. The predicted octanol–water partition coefficient (Wildman–Crippen LogP) is 0.579. The van der Waals surface area contributed by atoms with E-state index in [0.717, 1.165) is 5.16 Å². The third kappa shape index (κ3) is 3.70. The quantitative estimate of drug-likeness (QED) is 0.235. The van der Waals surface area contributed by atoms with Crippen molar-refractivity contribution in [1.82, 2.24) is 20.6 Å². The summed E-state index contributed by atoms with van der Waals surface area (Å²) in [6.07, 6.45) is 1.45. The van der Waals surface area contributed by atoms with Gasteiger partial charge in [-0.05, 0) is 12.1 Å². The lowest BCUT2D eigenvalue weighted by molar-refractivity contribution is 0.0950. The Labute approximate surface area is 113 Å². The Hall–Kier alpha value is -2.06. The molecule has 0 unspecified atom stereocenters. The molecule has 100 valence electrons. The fourth-order valence-electron chi connectivity index (χ4n) is 1.41. The molecule has 2 aromatic rings. The average molecular weight is 279 g/mol. The molecule has 8 heteroatoms. The number of aromatic amines is 1. The molecule has 1 heterocycles. The number of hydrogen-bond donors (Lipinski definition) is 3. The number of hydrazine groups is 1. The summed E-state index contributed by atoms with van der Waals surface area (Å²) < 4.78 is 5.56. The van der Waals surface area contributed by atoms with Gasteiger partial charge in [-0.15, -0.1) is 0 Å². The molecule has 0 bridgehead atoms. The highest BCUT2D eigenvalue weighted by molar-refractivity contribution is 7.99. The highest BCUT2D eigenvalue weighted by atomic mass is 32.2. The lowest BCUT2D eigenvalue weighted by Gasteiger charge is -2.09. The van der Waals surface area contributed by atoms with Crippen molar-refractivity contribution in [2.45, 2.75) is 5.16 Å². The molecular formula is C11H13N5O2S. The van der Waals surface area contributed by atoms with Crippen molar-refractivity contribution in [1.29, 1.82) is 0 Å². The Morgan fingerprint density at radius 3 is 3.05 bits per heavy atom. The topological polar surface area (TPSA) is 106 Å². The minimum absolute atomic E-state index is 0.376. The van der Waals surface area contributed by atoms with Crippen molar-refractivity contribution in [2.24, 2.45) is 5.84 Å². The molecule has 0 radical (unpaired) electrons. The number of nitrogens with one attached hydrogen (secondary N) is 2. The van der Waals surface area contributed by atoms with Crippen molar-refractivity contribution in [3.63, 3.8) is 0 Å². The van der Waals surface area contributed by atoms with Crippen molar-refractivity contribution in [3.8, 4) is 5.75 Å². The zero-order valence-electron chi connectivity index (χ0n) is 10.00. The summed E-state index contributed by atoms with van der Waals surface area (Å²) >= 11 is 1.49. The Kier molecular flexibility index (Phi) is 4.76. The van der Waals surface area contributed by atoms with E-state index in [1.807, 2.05) is 0 Å². The van der Waals surface area contributed by atoms with Crippen LogP contribution in [0.3, 0.4) is 0 Å². The number of rotatable bonds is 6. The van der Waals surface area contributed by atoms with Crippen molar-refractivity contribution in [3.05, 3.63) is 36.2 Å². The normalized spacial score (nSPS) is 10.2. The minimum Gasteiger partial charge on any atom is -0.492 e. The molecule has 0 spiro atoms. The molecule has 4 N–H and O–H groups in total. The van der Waals surface area contributed by atoms with Gasteiger partial charge in [-0.3, -0.25) is 15.3 Å². The van der Waals surface area contributed by atoms with Gasteiger partial charge in [-0.2, -0.15) is 5.10 Å². The van der Waals surface area contributed by atoms with Crippen LogP contribution in [-0.4, -0.2) is 33.4 Å². The molecule has 0 saturated heterocycles. The van der Waals surface area contributed by atoms with Crippen LogP contribution in [0.15, 0.2) is 35.7 Å². The summed E-state index contributed by atoms with van der Waals surface area (Å²) in [6.45, 7) is 0.445. The number of amides is 1. The van der Waals surface area contributed by atoms with Crippen LogP contribution in [0, 0.1) is 0 Å². The minimum atomic E-state index is -0.376. The number of aromatic nitrogens is 3. The average Bonchev–Trinajstić information content (AvgIpc) is 2.96. The molecule has 1 aromatic carbocycles. The van der Waals surface area contributed by atoms with Gasteiger partial charge in [-0.1, -0.05) is 23.9 Å². The van der Waals surface area contributed by atoms with E-state index in [1.54, 1.807) is 24.3 Å². The summed E-state index contributed by atoms with van der Waals surface area (Å²) in [5.41, 5.74) is 2.50. The maximum atomic E-state index is 11.5. The second kappa shape index (κ2) is 6.76. The van der Waals surface area contributed by atoms with Gasteiger partial charge < -0.3 is 4.74 Å². The zero-order chi connectivity index (χ0) is 13.5. The van der Waals surface area contributed by atoms with Gasteiger partial charge in [0.15, 0.2) is 5.16 Å². The Morgan fingerprint density at radius 1 is 1.47 bits per heavy atom. The van der Waals surface area contributed by atoms with E-state index < -0.39 is 0 Å². The smallest absolute Gasteiger partial charge is 0.268 e. The van der Waals surface area contributed by atoms with Crippen LogP contribution in [0.5, 0.6) is 5.75 Å². The predicted molar refractivity (Wildman–Crippen MR) is 70.7 cm³/mol. The number of nitrogens with zero attached hydrogens (tertiary/aromatic N) is 2. The number of para-hydroxylation sites is 1. The molecule has 0 fully saturated rings. The van der Waals surface area contributed by atoms with Crippen molar-refractivity contribution >= 4 is 17.7 Å². The number of thioether (sulfide) groups is 1. The van der Waals surface area contributed by atoms with Crippen molar-refractivity contribution < 1.29 is 9.53 Å². The standard InChI is InChI=1S/C11H13N5O2S/c12-15-10(17)8-3-1-2-4-9(8)18-5-6-19-11-13-7-14-16-11/h1-4,7H,5-6,12H2,(H,15,17)(H,13,14,16). The van der Waals surface area contributed by atoms with Crippen molar-refractivity contribution in [2.75, 3.05) is 12.4 Å². The Morgan fingerprint density at radius 2 is 2.32 bits per heavy atom. The van der Waals surface area contributed by atoms with Crippen LogP contribution in [0.25, 0.3) is 0 Å². The largest absolute Gasteiger partial charge is 0.492 e. The van der Waals surface area contributed by atoms with E-state index in [-0.39, 0.29) is 5.91 Å². The molecule has 0 aliphatic heterocycles. The Bertz CT molecular complexity index is 532. The third-order valence-corrected chi connectivity index (χ3v) is 3.08. The third-order valence-electron chi connectivity index (χ3n) is 2.24.